The Morgan fingerprint density at radius 3 is 2.53 bits per heavy atom. The molecule has 4 aromatic rings. The number of thioether (sulfide) groups is 1. The molecule has 1 N–H and O–H groups in total. The van der Waals surface area contributed by atoms with E-state index in [0.29, 0.717) is 33.2 Å². The fourth-order valence-corrected chi connectivity index (χ4v) is 4.15. The zero-order valence-corrected chi connectivity index (χ0v) is 19.3. The average Bonchev–Trinajstić information content (AvgIpc) is 2.87. The zero-order chi connectivity index (χ0) is 24.1. The fraction of sp³-hybridized carbons (Fsp3) is 0.120. The van der Waals surface area contributed by atoms with Crippen molar-refractivity contribution in [1.82, 2.24) is 9.55 Å². The van der Waals surface area contributed by atoms with E-state index >= 15 is 0 Å². The van der Waals surface area contributed by atoms with E-state index in [1.54, 1.807) is 49.6 Å². The third-order valence-corrected chi connectivity index (χ3v) is 5.90. The summed E-state index contributed by atoms with van der Waals surface area (Å²) in [5.41, 5.74) is 1.54. The number of benzene rings is 3. The Labute approximate surface area is 199 Å². The van der Waals surface area contributed by atoms with Crippen molar-refractivity contribution in [3.05, 3.63) is 88.7 Å². The quantitative estimate of drug-likeness (QED) is 0.246. The minimum atomic E-state index is -0.525. The van der Waals surface area contributed by atoms with E-state index in [1.807, 2.05) is 18.2 Å². The predicted octanol–water partition coefficient (Wildman–Crippen LogP) is 3.91. The number of aromatic nitrogens is 2. The molecule has 9 heteroatoms. The summed E-state index contributed by atoms with van der Waals surface area (Å²) in [6.45, 7) is 0. The molecule has 0 fully saturated rings. The van der Waals surface area contributed by atoms with Crippen LogP contribution in [0.25, 0.3) is 16.6 Å². The van der Waals surface area contributed by atoms with Gasteiger partial charge < -0.3 is 14.8 Å². The molecule has 0 aliphatic carbocycles. The summed E-state index contributed by atoms with van der Waals surface area (Å²) in [7, 11) is 2.84. The lowest BCUT2D eigenvalue weighted by molar-refractivity contribution is -0.113. The first kappa shape index (κ1) is 23.1. The molecule has 4 rings (SSSR count). The summed E-state index contributed by atoms with van der Waals surface area (Å²) in [5, 5.41) is 3.49. The second kappa shape index (κ2) is 10.2. The Bertz CT molecular complexity index is 1420. The number of rotatable bonds is 7. The van der Waals surface area contributed by atoms with Crippen LogP contribution < -0.4 is 15.6 Å². The minimum absolute atomic E-state index is 0.0126. The van der Waals surface area contributed by atoms with Gasteiger partial charge in [0.2, 0.25) is 5.91 Å². The highest BCUT2D eigenvalue weighted by Crippen LogP contribution is 2.23. The first-order valence-electron chi connectivity index (χ1n) is 10.3. The Morgan fingerprint density at radius 2 is 1.79 bits per heavy atom. The number of fused-ring (bicyclic) bond motifs is 1. The molecule has 0 spiro atoms. The van der Waals surface area contributed by atoms with Crippen LogP contribution in [0.1, 0.15) is 10.4 Å². The molecule has 1 heterocycles. The first-order chi connectivity index (χ1) is 16.5. The maximum atomic E-state index is 13.4. The highest BCUT2D eigenvalue weighted by atomic mass is 32.2. The molecule has 8 nitrogen and oxygen atoms in total. The number of para-hydroxylation sites is 1. The molecule has 0 radical (unpaired) electrons. The van der Waals surface area contributed by atoms with Gasteiger partial charge in [0.1, 0.15) is 5.75 Å². The summed E-state index contributed by atoms with van der Waals surface area (Å²) >= 11 is 1.12. The van der Waals surface area contributed by atoms with Crippen LogP contribution in [0.15, 0.2) is 82.7 Å². The van der Waals surface area contributed by atoms with Crippen LogP contribution in [-0.4, -0.2) is 41.4 Å². The maximum absolute atomic E-state index is 13.4. The average molecular weight is 476 g/mol. The Morgan fingerprint density at radius 1 is 1.00 bits per heavy atom. The summed E-state index contributed by atoms with van der Waals surface area (Å²) in [6.07, 6.45) is 0. The van der Waals surface area contributed by atoms with Gasteiger partial charge in [-0.3, -0.25) is 14.2 Å². The van der Waals surface area contributed by atoms with Crippen molar-refractivity contribution >= 4 is 40.2 Å². The zero-order valence-electron chi connectivity index (χ0n) is 18.5. The van der Waals surface area contributed by atoms with Crippen molar-refractivity contribution in [2.24, 2.45) is 0 Å². The number of hydrogen-bond acceptors (Lipinski definition) is 7. The van der Waals surface area contributed by atoms with Gasteiger partial charge in [0, 0.05) is 11.8 Å². The van der Waals surface area contributed by atoms with Gasteiger partial charge in [-0.2, -0.15) is 0 Å². The van der Waals surface area contributed by atoms with E-state index in [4.69, 9.17) is 9.47 Å². The van der Waals surface area contributed by atoms with E-state index in [2.05, 4.69) is 10.3 Å². The van der Waals surface area contributed by atoms with Gasteiger partial charge in [-0.1, -0.05) is 36.0 Å². The van der Waals surface area contributed by atoms with E-state index in [1.165, 1.54) is 23.8 Å². The summed E-state index contributed by atoms with van der Waals surface area (Å²) in [4.78, 5) is 42.6. The molecule has 34 heavy (non-hydrogen) atoms. The van der Waals surface area contributed by atoms with Crippen molar-refractivity contribution in [3.8, 4) is 11.4 Å². The van der Waals surface area contributed by atoms with E-state index in [-0.39, 0.29) is 22.8 Å². The number of carbonyl (C=O) groups is 2. The molecule has 172 valence electrons. The van der Waals surface area contributed by atoms with Crippen molar-refractivity contribution in [2.45, 2.75) is 5.16 Å². The van der Waals surface area contributed by atoms with Crippen LogP contribution in [0.3, 0.4) is 0 Å². The maximum Gasteiger partial charge on any atom is 0.337 e. The molecular formula is C25H21N3O5S. The van der Waals surface area contributed by atoms with Crippen LogP contribution in [0.2, 0.25) is 0 Å². The van der Waals surface area contributed by atoms with Crippen LogP contribution in [0.5, 0.6) is 5.75 Å². The number of amides is 1. The number of nitrogens with zero attached hydrogens (tertiary/aromatic N) is 2. The number of ether oxygens (including phenoxy) is 2. The second-order valence-electron chi connectivity index (χ2n) is 7.16. The fourth-order valence-electron chi connectivity index (χ4n) is 3.34. The van der Waals surface area contributed by atoms with E-state index in [0.717, 1.165) is 11.8 Å². The Kier molecular flexibility index (Phi) is 6.93. The molecule has 0 aliphatic rings. The third kappa shape index (κ3) is 4.94. The summed E-state index contributed by atoms with van der Waals surface area (Å²) in [5.74, 6) is -0.155. The van der Waals surface area contributed by atoms with Gasteiger partial charge >= 0.3 is 5.97 Å². The molecule has 0 unspecified atom stereocenters. The first-order valence-corrected chi connectivity index (χ1v) is 11.3. The van der Waals surface area contributed by atoms with Gasteiger partial charge in [0.05, 0.1) is 42.1 Å². The Balaban J connectivity index is 1.69. The molecule has 1 amide bonds. The van der Waals surface area contributed by atoms with Crippen molar-refractivity contribution in [2.75, 3.05) is 25.3 Å². The molecular weight excluding hydrogens is 454 g/mol. The van der Waals surface area contributed by atoms with E-state index < -0.39 is 5.97 Å². The number of esters is 1. The summed E-state index contributed by atoms with van der Waals surface area (Å²) in [6, 6.07) is 20.7. The second-order valence-corrected chi connectivity index (χ2v) is 8.11. The number of hydrogen-bond donors (Lipinski definition) is 1. The van der Waals surface area contributed by atoms with Gasteiger partial charge in [0.25, 0.3) is 5.56 Å². The van der Waals surface area contributed by atoms with Crippen molar-refractivity contribution in [1.29, 1.82) is 0 Å². The molecule has 0 saturated carbocycles. The smallest absolute Gasteiger partial charge is 0.337 e. The van der Waals surface area contributed by atoms with E-state index in [9.17, 15) is 14.4 Å². The number of methoxy groups -OCH3 is 2. The molecule has 1 aromatic heterocycles. The van der Waals surface area contributed by atoms with Crippen LogP contribution in [-0.2, 0) is 9.53 Å². The molecule has 0 bridgehead atoms. The topological polar surface area (TPSA) is 99.5 Å². The Hall–Kier alpha value is -4.11. The predicted molar refractivity (Wildman–Crippen MR) is 131 cm³/mol. The summed E-state index contributed by atoms with van der Waals surface area (Å²) < 4.78 is 11.4. The van der Waals surface area contributed by atoms with Crippen LogP contribution >= 0.6 is 11.8 Å². The SMILES string of the molecule is COC(=O)c1ccc2c(=O)n(-c3ccccc3)c(SCC(=O)Nc3cccc(OC)c3)nc2c1. The highest BCUT2D eigenvalue weighted by Gasteiger charge is 2.17. The standard InChI is InChI=1S/C25H21N3O5S/c1-32-19-10-6-7-17(14-19)26-22(29)15-34-25-27-21-13-16(24(31)33-2)11-12-20(21)23(30)28(25)18-8-4-3-5-9-18/h3-14H,15H2,1-2H3,(H,26,29). The van der Waals surface area contributed by atoms with Crippen molar-refractivity contribution in [3.63, 3.8) is 0 Å². The number of anilines is 1. The molecule has 0 aliphatic heterocycles. The van der Waals surface area contributed by atoms with Gasteiger partial charge in [0.15, 0.2) is 5.16 Å². The molecule has 0 atom stereocenters. The molecule has 0 saturated heterocycles. The normalized spacial score (nSPS) is 10.6. The van der Waals surface area contributed by atoms with Gasteiger partial charge in [-0.25, -0.2) is 9.78 Å². The highest BCUT2D eigenvalue weighted by molar-refractivity contribution is 7.99. The lowest BCUT2D eigenvalue weighted by Crippen LogP contribution is -2.23. The van der Waals surface area contributed by atoms with Crippen molar-refractivity contribution < 1.29 is 19.1 Å². The largest absolute Gasteiger partial charge is 0.497 e. The lowest BCUT2D eigenvalue weighted by atomic mass is 10.1. The van der Waals surface area contributed by atoms with Crippen LogP contribution in [0, 0.1) is 0 Å². The minimum Gasteiger partial charge on any atom is -0.497 e. The third-order valence-electron chi connectivity index (χ3n) is 4.96. The van der Waals surface area contributed by atoms with Crippen LogP contribution in [0.4, 0.5) is 5.69 Å². The monoisotopic (exact) mass is 475 g/mol. The molecule has 3 aromatic carbocycles. The van der Waals surface area contributed by atoms with Gasteiger partial charge in [-0.05, 0) is 42.5 Å². The lowest BCUT2D eigenvalue weighted by Gasteiger charge is -2.14. The number of nitrogens with one attached hydrogen (secondary N) is 1. The number of carbonyl (C=O) groups excluding carboxylic acids is 2. The van der Waals surface area contributed by atoms with Gasteiger partial charge in [-0.15, -0.1) is 0 Å².